The van der Waals surface area contributed by atoms with Gasteiger partial charge in [0.15, 0.2) is 6.04 Å². The standard InChI is InChI=1S/C23H24N2O2/c1-25(17-18-10-5-3-6-11-18)22(19-12-7-4-8-13-19)23(26)24-20-14-9-15-21(16-20)27-2/h3-16,22H,17H2,1-2H3,(H,24,26)/p+1/t22-/m0/s1. The molecule has 138 valence electrons. The van der Waals surface area contributed by atoms with Gasteiger partial charge in [-0.25, -0.2) is 0 Å². The van der Waals surface area contributed by atoms with E-state index in [0.717, 1.165) is 22.7 Å². The van der Waals surface area contributed by atoms with Crippen molar-refractivity contribution in [1.29, 1.82) is 0 Å². The molecule has 0 saturated carbocycles. The van der Waals surface area contributed by atoms with E-state index in [2.05, 4.69) is 24.5 Å². The summed E-state index contributed by atoms with van der Waals surface area (Å²) in [7, 11) is 3.67. The van der Waals surface area contributed by atoms with E-state index in [1.54, 1.807) is 7.11 Å². The molecule has 3 rings (SSSR count). The first-order valence-electron chi connectivity index (χ1n) is 9.03. The van der Waals surface area contributed by atoms with Crippen molar-refractivity contribution in [3.63, 3.8) is 0 Å². The number of benzene rings is 3. The molecule has 0 radical (unpaired) electrons. The van der Waals surface area contributed by atoms with Crippen molar-refractivity contribution in [3.05, 3.63) is 96.1 Å². The Hall–Kier alpha value is -3.11. The zero-order valence-corrected chi connectivity index (χ0v) is 15.7. The zero-order chi connectivity index (χ0) is 19.1. The van der Waals surface area contributed by atoms with E-state index in [9.17, 15) is 4.79 Å². The van der Waals surface area contributed by atoms with E-state index in [-0.39, 0.29) is 11.9 Å². The molecule has 1 amide bonds. The smallest absolute Gasteiger partial charge is 0.287 e. The van der Waals surface area contributed by atoms with Gasteiger partial charge in [-0.05, 0) is 12.1 Å². The van der Waals surface area contributed by atoms with Crippen LogP contribution in [0.25, 0.3) is 0 Å². The summed E-state index contributed by atoms with van der Waals surface area (Å²) in [6.07, 6.45) is 0. The number of hydrogen-bond acceptors (Lipinski definition) is 2. The molecule has 0 fully saturated rings. The molecule has 2 atom stereocenters. The van der Waals surface area contributed by atoms with Crippen LogP contribution in [0, 0.1) is 0 Å². The van der Waals surface area contributed by atoms with Crippen LogP contribution in [0.3, 0.4) is 0 Å². The van der Waals surface area contributed by atoms with Crippen molar-refractivity contribution in [2.45, 2.75) is 12.6 Å². The van der Waals surface area contributed by atoms with E-state index in [4.69, 9.17) is 4.74 Å². The predicted molar refractivity (Wildman–Crippen MR) is 108 cm³/mol. The second-order valence-corrected chi connectivity index (χ2v) is 6.57. The Morgan fingerprint density at radius 1 is 0.963 bits per heavy atom. The average molecular weight is 361 g/mol. The van der Waals surface area contributed by atoms with Crippen LogP contribution in [0.15, 0.2) is 84.9 Å². The highest BCUT2D eigenvalue weighted by Crippen LogP contribution is 2.19. The Morgan fingerprint density at radius 2 is 1.63 bits per heavy atom. The van der Waals surface area contributed by atoms with E-state index in [0.29, 0.717) is 5.75 Å². The van der Waals surface area contributed by atoms with E-state index in [1.165, 1.54) is 5.56 Å². The molecule has 0 spiro atoms. The first kappa shape index (κ1) is 18.7. The highest BCUT2D eigenvalue weighted by atomic mass is 16.5. The van der Waals surface area contributed by atoms with Crippen molar-refractivity contribution < 1.29 is 14.4 Å². The number of methoxy groups -OCH3 is 1. The van der Waals surface area contributed by atoms with Gasteiger partial charge in [0.05, 0.1) is 14.2 Å². The predicted octanol–water partition coefficient (Wildman–Crippen LogP) is 3.09. The van der Waals surface area contributed by atoms with Crippen LogP contribution >= 0.6 is 0 Å². The lowest BCUT2D eigenvalue weighted by atomic mass is 10.0. The average Bonchev–Trinajstić information content (AvgIpc) is 2.70. The van der Waals surface area contributed by atoms with Crippen LogP contribution in [-0.2, 0) is 11.3 Å². The first-order valence-corrected chi connectivity index (χ1v) is 9.03. The molecule has 1 unspecified atom stereocenters. The minimum absolute atomic E-state index is 0.0390. The van der Waals surface area contributed by atoms with Gasteiger partial charge in [0.1, 0.15) is 12.3 Å². The number of likely N-dealkylation sites (N-methyl/N-ethyl adjacent to an activating group) is 1. The topological polar surface area (TPSA) is 42.8 Å². The van der Waals surface area contributed by atoms with E-state index >= 15 is 0 Å². The summed E-state index contributed by atoms with van der Waals surface area (Å²) in [5.41, 5.74) is 2.92. The van der Waals surface area contributed by atoms with Gasteiger partial charge in [-0.15, -0.1) is 0 Å². The molecule has 3 aromatic carbocycles. The largest absolute Gasteiger partial charge is 0.497 e. The molecule has 4 nitrogen and oxygen atoms in total. The second kappa shape index (κ2) is 9.01. The third-order valence-corrected chi connectivity index (χ3v) is 4.55. The summed E-state index contributed by atoms with van der Waals surface area (Å²) in [4.78, 5) is 14.3. The second-order valence-electron chi connectivity index (χ2n) is 6.57. The maximum Gasteiger partial charge on any atom is 0.287 e. The maximum atomic E-state index is 13.2. The minimum Gasteiger partial charge on any atom is -0.497 e. The number of anilines is 1. The molecule has 0 bridgehead atoms. The van der Waals surface area contributed by atoms with Crippen molar-refractivity contribution in [1.82, 2.24) is 0 Å². The van der Waals surface area contributed by atoms with Gasteiger partial charge >= 0.3 is 0 Å². The van der Waals surface area contributed by atoms with E-state index in [1.807, 2.05) is 72.8 Å². The van der Waals surface area contributed by atoms with Gasteiger partial charge < -0.3 is 15.0 Å². The molecule has 27 heavy (non-hydrogen) atoms. The molecule has 3 aromatic rings. The van der Waals surface area contributed by atoms with Crippen LogP contribution in [0.1, 0.15) is 17.2 Å². The van der Waals surface area contributed by atoms with Gasteiger partial charge in [0, 0.05) is 22.9 Å². The third kappa shape index (κ3) is 4.96. The molecule has 2 N–H and O–H groups in total. The molecule has 0 heterocycles. The number of carbonyl (C=O) groups excluding carboxylic acids is 1. The lowest BCUT2D eigenvalue weighted by Crippen LogP contribution is -3.09. The number of carbonyl (C=O) groups is 1. The van der Waals surface area contributed by atoms with Crippen molar-refractivity contribution in [2.24, 2.45) is 0 Å². The lowest BCUT2D eigenvalue weighted by Gasteiger charge is -2.25. The maximum absolute atomic E-state index is 13.2. The van der Waals surface area contributed by atoms with Gasteiger partial charge in [0.25, 0.3) is 5.91 Å². The fourth-order valence-electron chi connectivity index (χ4n) is 3.24. The molecule has 0 saturated heterocycles. The Kier molecular flexibility index (Phi) is 6.23. The summed E-state index contributed by atoms with van der Waals surface area (Å²) in [6.45, 7) is 0.756. The summed E-state index contributed by atoms with van der Waals surface area (Å²) in [6, 6.07) is 27.2. The summed E-state index contributed by atoms with van der Waals surface area (Å²) in [5.74, 6) is 0.678. The van der Waals surface area contributed by atoms with Gasteiger partial charge in [-0.1, -0.05) is 66.7 Å². The van der Waals surface area contributed by atoms with Crippen LogP contribution in [0.4, 0.5) is 5.69 Å². The molecular weight excluding hydrogens is 336 g/mol. The Balaban J connectivity index is 1.84. The fraction of sp³-hybridized carbons (Fsp3) is 0.174. The first-order chi connectivity index (χ1) is 13.2. The molecule has 4 heteroatoms. The quantitative estimate of drug-likeness (QED) is 0.679. The van der Waals surface area contributed by atoms with Gasteiger partial charge in [-0.3, -0.25) is 4.79 Å². The fourth-order valence-corrected chi connectivity index (χ4v) is 3.24. The van der Waals surface area contributed by atoms with Gasteiger partial charge in [-0.2, -0.15) is 0 Å². The minimum atomic E-state index is -0.322. The number of amides is 1. The SMILES string of the molecule is COc1cccc(NC(=O)[C@H](c2ccccc2)[NH+](C)Cc2ccccc2)c1. The molecular formula is C23H25N2O2+. The van der Waals surface area contributed by atoms with Crippen molar-refractivity contribution >= 4 is 11.6 Å². The monoisotopic (exact) mass is 361 g/mol. The highest BCUT2D eigenvalue weighted by Gasteiger charge is 2.29. The lowest BCUT2D eigenvalue weighted by molar-refractivity contribution is -0.915. The van der Waals surface area contributed by atoms with Crippen LogP contribution < -0.4 is 15.0 Å². The van der Waals surface area contributed by atoms with E-state index < -0.39 is 0 Å². The number of hydrogen-bond donors (Lipinski definition) is 2. The number of ether oxygens (including phenoxy) is 1. The number of rotatable bonds is 7. The van der Waals surface area contributed by atoms with Crippen molar-refractivity contribution in [2.75, 3.05) is 19.5 Å². The molecule has 0 aromatic heterocycles. The summed E-state index contributed by atoms with van der Waals surface area (Å²) in [5, 5.41) is 3.04. The zero-order valence-electron chi connectivity index (χ0n) is 15.7. The third-order valence-electron chi connectivity index (χ3n) is 4.55. The molecule has 0 aliphatic rings. The van der Waals surface area contributed by atoms with Gasteiger partial charge in [0.2, 0.25) is 0 Å². The number of quaternary nitrogens is 1. The Morgan fingerprint density at radius 3 is 2.30 bits per heavy atom. The van der Waals surface area contributed by atoms with Crippen molar-refractivity contribution in [3.8, 4) is 5.75 Å². The number of nitrogens with one attached hydrogen (secondary N) is 2. The van der Waals surface area contributed by atoms with Crippen LogP contribution in [0.2, 0.25) is 0 Å². The van der Waals surface area contributed by atoms with Crippen LogP contribution in [0.5, 0.6) is 5.75 Å². The molecule has 0 aliphatic carbocycles. The summed E-state index contributed by atoms with van der Waals surface area (Å²) >= 11 is 0. The molecule has 0 aliphatic heterocycles. The highest BCUT2D eigenvalue weighted by molar-refractivity contribution is 5.94. The van der Waals surface area contributed by atoms with Crippen LogP contribution in [-0.4, -0.2) is 20.1 Å². The normalized spacial score (nSPS) is 12.8. The Labute approximate surface area is 160 Å². The summed E-state index contributed by atoms with van der Waals surface area (Å²) < 4.78 is 5.25. The Bertz CT molecular complexity index is 866.